The number of hydrogen-bond acceptors (Lipinski definition) is 3. The molecule has 3 nitrogen and oxygen atoms in total. The molecule has 0 aliphatic heterocycles. The van der Waals surface area contributed by atoms with Crippen molar-refractivity contribution in [2.45, 2.75) is 67.0 Å². The largest absolute Gasteiger partial charge is 0.536 e. The smallest absolute Gasteiger partial charge is 0.373 e. The number of rotatable bonds is 7. The average molecular weight is 627 g/mol. The third-order valence-corrected chi connectivity index (χ3v) is 9.61. The van der Waals surface area contributed by atoms with Crippen LogP contribution in [0.3, 0.4) is 0 Å². The highest BCUT2D eigenvalue weighted by atomic mass is 28.4. The fourth-order valence-corrected chi connectivity index (χ4v) is 5.72. The Morgan fingerprint density at radius 1 is 0.477 bits per heavy atom. The van der Waals surface area contributed by atoms with Crippen LogP contribution in [0.25, 0.3) is 0 Å². The van der Waals surface area contributed by atoms with Gasteiger partial charge in [-0.25, -0.2) is 0 Å². The van der Waals surface area contributed by atoms with Gasteiger partial charge in [-0.05, 0) is 68.9 Å². The molecule has 240 valence electrons. The van der Waals surface area contributed by atoms with Gasteiger partial charge < -0.3 is 13.3 Å². The average Bonchev–Trinajstić information content (AvgIpc) is 3.04. The maximum absolute atomic E-state index is 12.4. The molecule has 0 radical (unpaired) electrons. The molecule has 0 spiro atoms. The molecule has 0 heterocycles. The Balaban J connectivity index is 0.000000308. The van der Waals surface area contributed by atoms with Crippen LogP contribution in [0.4, 0.5) is 13.2 Å². The molecule has 0 unspecified atom stereocenters. The highest BCUT2D eigenvalue weighted by Gasteiger charge is 2.41. The Kier molecular flexibility index (Phi) is 17.6. The summed E-state index contributed by atoms with van der Waals surface area (Å²) in [5.74, 6) is 0. The number of benzene rings is 4. The Morgan fingerprint density at radius 3 is 0.955 bits per heavy atom. The molecular formula is C37H49F3O3Si. The van der Waals surface area contributed by atoms with Gasteiger partial charge in [0.15, 0.2) is 0 Å². The molecule has 0 fully saturated rings. The summed E-state index contributed by atoms with van der Waals surface area (Å²) >= 11 is 0. The number of alkyl halides is 3. The predicted molar refractivity (Wildman–Crippen MR) is 180 cm³/mol. The van der Waals surface area contributed by atoms with Gasteiger partial charge in [0.25, 0.3) is 0 Å². The van der Waals surface area contributed by atoms with Gasteiger partial charge in [0.1, 0.15) is 0 Å². The molecule has 0 atom stereocenters. The van der Waals surface area contributed by atoms with E-state index in [1.165, 1.54) is 66.8 Å². The van der Waals surface area contributed by atoms with Crippen molar-refractivity contribution in [3.05, 3.63) is 136 Å². The van der Waals surface area contributed by atoms with E-state index in [0.29, 0.717) is 5.19 Å². The predicted octanol–water partition coefficient (Wildman–Crippen LogP) is 9.46. The lowest BCUT2D eigenvalue weighted by atomic mass is 10.1. The summed E-state index contributed by atoms with van der Waals surface area (Å²) in [6.07, 6.45) is -0.934. The van der Waals surface area contributed by atoms with E-state index in [-0.39, 0.29) is 0 Å². The van der Waals surface area contributed by atoms with Crippen LogP contribution in [0.15, 0.2) is 97.1 Å². The van der Waals surface area contributed by atoms with Crippen molar-refractivity contribution >= 4 is 14.0 Å². The van der Waals surface area contributed by atoms with E-state index < -0.39 is 20.5 Å². The van der Waals surface area contributed by atoms with Crippen LogP contribution in [0.5, 0.6) is 0 Å². The van der Waals surface area contributed by atoms with E-state index in [1.54, 1.807) is 0 Å². The fraction of sp³-hybridized carbons (Fsp3) is 0.351. The van der Waals surface area contributed by atoms with E-state index in [0.717, 1.165) is 31.4 Å². The molecule has 7 heteroatoms. The summed E-state index contributed by atoms with van der Waals surface area (Å²) in [5, 5.41) is 0.484. The van der Waals surface area contributed by atoms with E-state index in [4.69, 9.17) is 13.3 Å². The standard InChI is InChI=1S/C10H13F3O3Si.3C9H12/c1-14-17(15-2,16-3)9-6-4-8(5-7-9)10(11,12)13;3*1-3-9-6-4-8(2)5-7-9/h4-7H,1-3H3;3*4-7H,3H2,1-2H3. The van der Waals surface area contributed by atoms with E-state index in [2.05, 4.69) is 114 Å². The van der Waals surface area contributed by atoms with Crippen LogP contribution in [-0.4, -0.2) is 30.1 Å². The molecule has 0 aliphatic carbocycles. The van der Waals surface area contributed by atoms with Gasteiger partial charge >= 0.3 is 15.0 Å². The van der Waals surface area contributed by atoms with Crippen LogP contribution in [0.2, 0.25) is 0 Å². The first kappa shape index (κ1) is 38.8. The maximum atomic E-state index is 12.4. The van der Waals surface area contributed by atoms with Crippen LogP contribution in [0.1, 0.15) is 59.7 Å². The van der Waals surface area contributed by atoms with Crippen molar-refractivity contribution in [3.63, 3.8) is 0 Å². The Labute approximate surface area is 264 Å². The van der Waals surface area contributed by atoms with Crippen molar-refractivity contribution in [2.24, 2.45) is 0 Å². The second-order valence-corrected chi connectivity index (χ2v) is 13.2. The summed E-state index contributed by atoms with van der Waals surface area (Å²) in [7, 11) is 1.16. The fourth-order valence-electron chi connectivity index (χ4n) is 3.94. The lowest BCUT2D eigenvalue weighted by Crippen LogP contribution is -2.54. The minimum Gasteiger partial charge on any atom is -0.373 e. The number of hydrogen-bond donors (Lipinski definition) is 0. The molecule has 0 aromatic heterocycles. The summed E-state index contributed by atoms with van der Waals surface area (Å²) in [6, 6.07) is 30.5. The lowest BCUT2D eigenvalue weighted by Gasteiger charge is -2.24. The SMILES string of the molecule is CCc1ccc(C)cc1.CCc1ccc(C)cc1.CCc1ccc(C)cc1.CO[Si](OC)(OC)c1ccc(C(F)(F)F)cc1. The quantitative estimate of drug-likeness (QED) is 0.191. The zero-order chi connectivity index (χ0) is 33.2. The molecule has 0 bridgehead atoms. The summed E-state index contributed by atoms with van der Waals surface area (Å²) in [6.45, 7) is 12.8. The van der Waals surface area contributed by atoms with Gasteiger partial charge in [-0.15, -0.1) is 0 Å². The van der Waals surface area contributed by atoms with Gasteiger partial charge in [-0.3, -0.25) is 0 Å². The monoisotopic (exact) mass is 626 g/mol. The molecule has 0 N–H and O–H groups in total. The molecule has 4 rings (SSSR count). The second kappa shape index (κ2) is 19.9. The number of aryl methyl sites for hydroxylation is 6. The summed E-state index contributed by atoms with van der Waals surface area (Å²) in [4.78, 5) is 0. The van der Waals surface area contributed by atoms with Crippen molar-refractivity contribution in [1.29, 1.82) is 0 Å². The Morgan fingerprint density at radius 2 is 0.750 bits per heavy atom. The number of halogens is 3. The zero-order valence-electron chi connectivity index (χ0n) is 27.7. The molecule has 0 saturated carbocycles. The van der Waals surface area contributed by atoms with Gasteiger partial charge in [0.05, 0.1) is 5.56 Å². The maximum Gasteiger partial charge on any atom is 0.536 e. The van der Waals surface area contributed by atoms with Crippen LogP contribution in [-0.2, 0) is 38.7 Å². The van der Waals surface area contributed by atoms with Gasteiger partial charge in [0.2, 0.25) is 0 Å². The van der Waals surface area contributed by atoms with Crippen molar-refractivity contribution in [1.82, 2.24) is 0 Å². The first-order chi connectivity index (χ1) is 20.9. The lowest BCUT2D eigenvalue weighted by molar-refractivity contribution is -0.137. The normalized spacial score (nSPS) is 10.8. The van der Waals surface area contributed by atoms with Gasteiger partial charge in [0, 0.05) is 26.5 Å². The summed E-state index contributed by atoms with van der Waals surface area (Å²) in [5.41, 5.74) is 7.56. The van der Waals surface area contributed by atoms with Crippen molar-refractivity contribution in [3.8, 4) is 0 Å². The second-order valence-electron chi connectivity index (χ2n) is 10.3. The van der Waals surface area contributed by atoms with Crippen molar-refractivity contribution < 1.29 is 26.4 Å². The van der Waals surface area contributed by atoms with Crippen LogP contribution in [0, 0.1) is 20.8 Å². The first-order valence-corrected chi connectivity index (χ1v) is 16.6. The first-order valence-electron chi connectivity index (χ1n) is 14.9. The third-order valence-electron chi connectivity index (χ3n) is 6.96. The van der Waals surface area contributed by atoms with Gasteiger partial charge in [-0.1, -0.05) is 122 Å². The van der Waals surface area contributed by atoms with Crippen molar-refractivity contribution in [2.75, 3.05) is 21.3 Å². The van der Waals surface area contributed by atoms with E-state index in [9.17, 15) is 13.2 Å². The molecule has 0 amide bonds. The topological polar surface area (TPSA) is 27.7 Å². The Hall–Kier alpha value is -3.23. The highest BCUT2D eigenvalue weighted by Crippen LogP contribution is 2.28. The van der Waals surface area contributed by atoms with Crippen LogP contribution < -0.4 is 5.19 Å². The molecule has 4 aromatic rings. The molecule has 44 heavy (non-hydrogen) atoms. The van der Waals surface area contributed by atoms with Gasteiger partial charge in [-0.2, -0.15) is 13.2 Å². The van der Waals surface area contributed by atoms with E-state index >= 15 is 0 Å². The molecule has 0 saturated heterocycles. The highest BCUT2D eigenvalue weighted by molar-refractivity contribution is 6.75. The minimum atomic E-state index is -4.35. The molecule has 4 aromatic carbocycles. The third kappa shape index (κ3) is 13.6. The molecular weight excluding hydrogens is 577 g/mol. The van der Waals surface area contributed by atoms with Crippen LogP contribution >= 0.6 is 0 Å². The minimum absolute atomic E-state index is 0.484. The zero-order valence-corrected chi connectivity index (χ0v) is 28.7. The Bertz CT molecular complexity index is 1180. The summed E-state index contributed by atoms with van der Waals surface area (Å²) < 4.78 is 52.6. The van der Waals surface area contributed by atoms with E-state index in [1.807, 2.05) is 0 Å². The molecule has 0 aliphatic rings.